The van der Waals surface area contributed by atoms with Crippen LogP contribution in [0.4, 0.5) is 9.59 Å². The number of nitrogens with zero attached hydrogens (tertiary/aromatic N) is 4. The van der Waals surface area contributed by atoms with Gasteiger partial charge < -0.3 is 29.7 Å². The first-order chi connectivity index (χ1) is 25.8. The lowest BCUT2D eigenvalue weighted by molar-refractivity contribution is -0.135. The zero-order chi connectivity index (χ0) is 38.7. The summed E-state index contributed by atoms with van der Waals surface area (Å²) in [7, 11) is 2.06. The molecule has 0 aliphatic carbocycles. The van der Waals surface area contributed by atoms with Gasteiger partial charge in [-0.05, 0) is 63.3 Å². The number of ether oxygens (including phenoxy) is 2. The molecule has 2 saturated heterocycles. The standard InChI is InChI=1S/C40H52BN7O5S/c1-23(2)32(45-38(50)52-7)37(49)47-19-9-10-30(47)36-44-33(34(41-6)46-36)27-17-13-25(14-18-27)24-11-15-26(16-12-24)29-21-42-35(43-29)31-20-28(54-8)22-48(31)39(51)53-40(3,4)5/h11-18,21,23,28,30-32,41H,9-10,19-20,22H2,1-8H3,(H,42,43)(H,44,46)(H,45,50)/t28-,30-,31-,32-/m0/s1. The van der Waals surface area contributed by atoms with E-state index in [1.165, 1.54) is 7.11 Å². The molecule has 286 valence electrons. The second kappa shape index (κ2) is 16.3. The first kappa shape index (κ1) is 39.0. The van der Waals surface area contributed by atoms with Gasteiger partial charge >= 0.3 is 12.2 Å². The minimum atomic E-state index is -0.682. The molecule has 2 aliphatic heterocycles. The summed E-state index contributed by atoms with van der Waals surface area (Å²) < 4.78 is 10.5. The number of imidazole rings is 2. The fourth-order valence-corrected chi connectivity index (χ4v) is 8.02. The molecule has 54 heavy (non-hydrogen) atoms. The zero-order valence-corrected chi connectivity index (χ0v) is 33.4. The Balaban J connectivity index is 1.16. The van der Waals surface area contributed by atoms with E-state index in [0.29, 0.717) is 18.3 Å². The molecule has 0 radical (unpaired) electrons. The highest BCUT2D eigenvalue weighted by Gasteiger charge is 2.40. The third-order valence-corrected chi connectivity index (χ3v) is 11.2. The quantitative estimate of drug-likeness (QED) is 0.152. The van der Waals surface area contributed by atoms with Crippen molar-refractivity contribution in [3.8, 4) is 33.6 Å². The largest absolute Gasteiger partial charge is 0.453 e. The predicted octanol–water partition coefficient (Wildman–Crippen LogP) is 6.70. The van der Waals surface area contributed by atoms with Crippen molar-refractivity contribution >= 4 is 42.7 Å². The van der Waals surface area contributed by atoms with Crippen LogP contribution < -0.4 is 10.9 Å². The summed E-state index contributed by atoms with van der Waals surface area (Å²) in [5.74, 6) is 1.31. The second-order valence-electron chi connectivity index (χ2n) is 15.4. The van der Waals surface area contributed by atoms with E-state index in [-0.39, 0.29) is 30.0 Å². The molecule has 3 N–H and O–H groups in total. The van der Waals surface area contributed by atoms with Gasteiger partial charge in [-0.15, -0.1) is 0 Å². The van der Waals surface area contributed by atoms with Gasteiger partial charge in [0.25, 0.3) is 0 Å². The topological polar surface area (TPSA) is 146 Å². The normalized spacial score (nSPS) is 19.2. The maximum absolute atomic E-state index is 13.7. The van der Waals surface area contributed by atoms with E-state index >= 15 is 0 Å². The third kappa shape index (κ3) is 8.48. The van der Waals surface area contributed by atoms with Gasteiger partial charge in [0.05, 0.1) is 30.6 Å². The van der Waals surface area contributed by atoms with Crippen molar-refractivity contribution < 1.29 is 23.9 Å². The van der Waals surface area contributed by atoms with E-state index in [9.17, 15) is 14.4 Å². The van der Waals surface area contributed by atoms with Crippen LogP contribution in [-0.4, -0.2) is 98.5 Å². The highest BCUT2D eigenvalue weighted by atomic mass is 32.2. The number of aromatic nitrogens is 4. The Labute approximate surface area is 322 Å². The number of benzene rings is 2. The lowest BCUT2D eigenvalue weighted by atomic mass is 9.76. The van der Waals surface area contributed by atoms with Crippen LogP contribution in [0.25, 0.3) is 33.6 Å². The summed E-state index contributed by atoms with van der Waals surface area (Å²) in [5.41, 5.74) is 6.30. The smallest absolute Gasteiger partial charge is 0.410 e. The molecule has 0 spiro atoms. The van der Waals surface area contributed by atoms with Crippen molar-refractivity contribution in [2.75, 3.05) is 26.5 Å². The lowest BCUT2D eigenvalue weighted by Gasteiger charge is -2.30. The van der Waals surface area contributed by atoms with Crippen molar-refractivity contribution in [2.24, 2.45) is 5.92 Å². The Morgan fingerprint density at radius 2 is 1.59 bits per heavy atom. The van der Waals surface area contributed by atoms with Gasteiger partial charge in [-0.2, -0.15) is 11.8 Å². The van der Waals surface area contributed by atoms with Crippen molar-refractivity contribution in [3.05, 3.63) is 66.4 Å². The number of nitrogens with one attached hydrogen (secondary N) is 3. The Bertz CT molecular complexity index is 1940. The third-order valence-electron chi connectivity index (χ3n) is 10.2. The molecular formula is C40H52BN7O5S. The van der Waals surface area contributed by atoms with Crippen molar-refractivity contribution in [1.29, 1.82) is 0 Å². The van der Waals surface area contributed by atoms with Crippen LogP contribution in [-0.2, 0) is 14.3 Å². The first-order valence-electron chi connectivity index (χ1n) is 18.8. The van der Waals surface area contributed by atoms with Crippen LogP contribution in [0, 0.1) is 5.92 Å². The molecule has 14 heteroatoms. The number of hydrogen-bond donors (Lipinski definition) is 3. The van der Waals surface area contributed by atoms with Gasteiger partial charge in [0, 0.05) is 41.3 Å². The maximum atomic E-state index is 13.7. The molecule has 4 atom stereocenters. The van der Waals surface area contributed by atoms with E-state index < -0.39 is 17.7 Å². The number of alkyl carbamates (subject to hydrolysis) is 1. The number of amides is 3. The number of carbonyl (C=O) groups excluding carboxylic acids is 3. The van der Waals surface area contributed by atoms with E-state index in [0.717, 1.165) is 77.4 Å². The van der Waals surface area contributed by atoms with Gasteiger partial charge in [-0.25, -0.2) is 19.6 Å². The minimum Gasteiger partial charge on any atom is -0.453 e. The minimum absolute atomic E-state index is 0.0995. The number of aromatic amines is 2. The highest BCUT2D eigenvalue weighted by molar-refractivity contribution is 7.99. The summed E-state index contributed by atoms with van der Waals surface area (Å²) in [6.07, 6.45) is 5.53. The Morgan fingerprint density at radius 1 is 0.944 bits per heavy atom. The fraction of sp³-hybridized carbons (Fsp3) is 0.475. The summed E-state index contributed by atoms with van der Waals surface area (Å²) >= 11 is 1.76. The van der Waals surface area contributed by atoms with Crippen molar-refractivity contribution in [3.63, 3.8) is 0 Å². The molecule has 4 heterocycles. The monoisotopic (exact) mass is 753 g/mol. The maximum Gasteiger partial charge on any atom is 0.410 e. The molecule has 6 rings (SSSR count). The van der Waals surface area contributed by atoms with Crippen LogP contribution in [0.1, 0.15) is 77.6 Å². The first-order valence-corrected chi connectivity index (χ1v) is 20.1. The molecule has 3 amide bonds. The zero-order valence-electron chi connectivity index (χ0n) is 32.6. The number of likely N-dealkylation sites (tertiary alicyclic amines) is 2. The van der Waals surface area contributed by atoms with Gasteiger partial charge in [-0.3, -0.25) is 9.69 Å². The number of thioether (sulfide) groups is 1. The lowest BCUT2D eigenvalue weighted by Crippen LogP contribution is -2.51. The summed E-state index contributed by atoms with van der Waals surface area (Å²) in [5, 5.41) is 3.04. The van der Waals surface area contributed by atoms with E-state index in [1.807, 2.05) is 45.7 Å². The molecule has 12 nitrogen and oxygen atoms in total. The average molecular weight is 754 g/mol. The van der Waals surface area contributed by atoms with Crippen LogP contribution >= 0.6 is 11.8 Å². The molecule has 0 saturated carbocycles. The summed E-state index contributed by atoms with van der Waals surface area (Å²) in [6.45, 7) is 12.8. The number of carbonyl (C=O) groups is 3. The number of methoxy groups -OCH3 is 1. The van der Waals surface area contributed by atoms with Gasteiger partial charge in [0.1, 0.15) is 23.3 Å². The van der Waals surface area contributed by atoms with Crippen molar-refractivity contribution in [2.45, 2.75) is 89.7 Å². The Hall–Kier alpha value is -4.72. The predicted molar refractivity (Wildman–Crippen MR) is 215 cm³/mol. The number of rotatable bonds is 10. The second-order valence-corrected chi connectivity index (χ2v) is 16.6. The van der Waals surface area contributed by atoms with Crippen LogP contribution in [0.15, 0.2) is 54.7 Å². The number of hydrogen-bond acceptors (Lipinski definition) is 8. The molecule has 0 unspecified atom stereocenters. The highest BCUT2D eigenvalue weighted by Crippen LogP contribution is 2.38. The molecule has 0 bridgehead atoms. The van der Waals surface area contributed by atoms with Crippen LogP contribution in [0.3, 0.4) is 0 Å². The summed E-state index contributed by atoms with van der Waals surface area (Å²) in [4.78, 5) is 59.3. The van der Waals surface area contributed by atoms with Crippen molar-refractivity contribution in [1.82, 2.24) is 35.1 Å². The van der Waals surface area contributed by atoms with E-state index in [2.05, 4.69) is 76.9 Å². The average Bonchev–Trinajstić information content (AvgIpc) is 3.98. The van der Waals surface area contributed by atoms with Crippen LogP contribution in [0.5, 0.6) is 0 Å². The summed E-state index contributed by atoms with van der Waals surface area (Å²) in [6, 6.07) is 15.7. The molecule has 4 aromatic rings. The molecular weight excluding hydrogens is 701 g/mol. The van der Waals surface area contributed by atoms with Crippen LogP contribution in [0.2, 0.25) is 6.82 Å². The van der Waals surface area contributed by atoms with E-state index in [4.69, 9.17) is 19.4 Å². The van der Waals surface area contributed by atoms with E-state index in [1.54, 1.807) is 16.7 Å². The SMILES string of the molecule is CBc1[nH]c([C@@H]2CCCN2C(=O)[C@@H](NC(=O)OC)C(C)C)nc1-c1ccc(-c2ccc(-c3c[nH]c([C@@H]4C[C@H](SC)CN4C(=O)OC(C)(C)C)n3)cc2)cc1. The van der Waals surface area contributed by atoms with Gasteiger partial charge in [-0.1, -0.05) is 69.2 Å². The number of H-pyrrole nitrogens is 2. The Morgan fingerprint density at radius 3 is 2.19 bits per heavy atom. The molecule has 2 fully saturated rings. The van der Waals surface area contributed by atoms with Gasteiger partial charge in [0.2, 0.25) is 5.91 Å². The molecule has 2 aromatic heterocycles. The Kier molecular flexibility index (Phi) is 11.8. The fourth-order valence-electron chi connectivity index (χ4n) is 7.33. The molecule has 2 aliphatic rings. The van der Waals surface area contributed by atoms with Gasteiger partial charge in [0.15, 0.2) is 7.28 Å². The molecule has 2 aromatic carbocycles.